The second-order valence-electron chi connectivity index (χ2n) is 6.90. The topological polar surface area (TPSA) is 0 Å². The highest BCUT2D eigenvalue weighted by molar-refractivity contribution is 5.65. The average Bonchev–Trinajstić information content (AvgIpc) is 2.52. The van der Waals surface area contributed by atoms with Gasteiger partial charge in [-0.1, -0.05) is 88.6 Å². The molecule has 3 unspecified atom stereocenters. The second-order valence-corrected chi connectivity index (χ2v) is 6.90. The standard InChI is InChI=1S/C22H34/c1-7-17(3)15-21(19(5)8-2)14-10-12-20(6)22-13-9-11-18(4)16-22/h9-14,16-17,19,21H,7-8,15H2,1-6H3/b14-10-,20-12+. The van der Waals surface area contributed by atoms with Gasteiger partial charge in [-0.3, -0.25) is 0 Å². The molecule has 0 aromatic heterocycles. The van der Waals surface area contributed by atoms with E-state index < -0.39 is 0 Å². The molecule has 0 radical (unpaired) electrons. The van der Waals surface area contributed by atoms with Gasteiger partial charge in [0, 0.05) is 0 Å². The molecule has 1 rings (SSSR count). The molecule has 0 saturated carbocycles. The van der Waals surface area contributed by atoms with Crippen LogP contribution in [0.4, 0.5) is 0 Å². The molecule has 0 aliphatic carbocycles. The lowest BCUT2D eigenvalue weighted by molar-refractivity contribution is 0.334. The van der Waals surface area contributed by atoms with E-state index in [1.807, 2.05) is 0 Å². The van der Waals surface area contributed by atoms with Crippen molar-refractivity contribution >= 4 is 5.57 Å². The van der Waals surface area contributed by atoms with Crippen molar-refractivity contribution in [3.05, 3.63) is 53.6 Å². The van der Waals surface area contributed by atoms with Gasteiger partial charge in [0.1, 0.15) is 0 Å². The first-order valence-electron chi connectivity index (χ1n) is 8.90. The highest BCUT2D eigenvalue weighted by Crippen LogP contribution is 2.26. The van der Waals surface area contributed by atoms with Gasteiger partial charge in [-0.25, -0.2) is 0 Å². The van der Waals surface area contributed by atoms with Crippen LogP contribution in [0.1, 0.15) is 65.0 Å². The van der Waals surface area contributed by atoms with Gasteiger partial charge in [0.05, 0.1) is 0 Å². The van der Waals surface area contributed by atoms with Crippen molar-refractivity contribution in [3.63, 3.8) is 0 Å². The van der Waals surface area contributed by atoms with Gasteiger partial charge < -0.3 is 0 Å². The van der Waals surface area contributed by atoms with Crippen molar-refractivity contribution in [2.75, 3.05) is 0 Å². The Morgan fingerprint density at radius 1 is 1.14 bits per heavy atom. The van der Waals surface area contributed by atoms with Crippen molar-refractivity contribution in [3.8, 4) is 0 Å². The molecular weight excluding hydrogens is 264 g/mol. The average molecular weight is 299 g/mol. The van der Waals surface area contributed by atoms with Gasteiger partial charge >= 0.3 is 0 Å². The molecule has 1 aromatic carbocycles. The summed E-state index contributed by atoms with van der Waals surface area (Å²) < 4.78 is 0. The SMILES string of the molecule is CCC(C)CC(/C=C\C=C(/C)c1cccc(C)c1)C(C)CC. The van der Waals surface area contributed by atoms with E-state index in [4.69, 9.17) is 0 Å². The molecule has 0 spiro atoms. The molecule has 0 nitrogen and oxygen atoms in total. The maximum Gasteiger partial charge on any atom is -0.0202 e. The first-order valence-corrected chi connectivity index (χ1v) is 8.90. The summed E-state index contributed by atoms with van der Waals surface area (Å²) in [5.41, 5.74) is 3.99. The minimum Gasteiger partial charge on any atom is -0.0811 e. The van der Waals surface area contributed by atoms with E-state index in [9.17, 15) is 0 Å². The summed E-state index contributed by atoms with van der Waals surface area (Å²) >= 11 is 0. The van der Waals surface area contributed by atoms with Crippen LogP contribution in [0.2, 0.25) is 0 Å². The maximum atomic E-state index is 2.43. The molecule has 0 N–H and O–H groups in total. The van der Waals surface area contributed by atoms with Crippen molar-refractivity contribution in [2.24, 2.45) is 17.8 Å². The molecule has 1 aromatic rings. The Hall–Kier alpha value is -1.30. The summed E-state index contributed by atoms with van der Waals surface area (Å²) in [6, 6.07) is 8.73. The predicted molar refractivity (Wildman–Crippen MR) is 101 cm³/mol. The number of aryl methyl sites for hydroxylation is 1. The van der Waals surface area contributed by atoms with Crippen molar-refractivity contribution < 1.29 is 0 Å². The van der Waals surface area contributed by atoms with Gasteiger partial charge in [0.15, 0.2) is 0 Å². The predicted octanol–water partition coefficient (Wildman–Crippen LogP) is 7.05. The Morgan fingerprint density at radius 2 is 1.86 bits per heavy atom. The Balaban J connectivity index is 2.79. The molecule has 0 bridgehead atoms. The molecule has 0 heterocycles. The van der Waals surface area contributed by atoms with E-state index in [-0.39, 0.29) is 0 Å². The lowest BCUT2D eigenvalue weighted by Gasteiger charge is -2.22. The minimum absolute atomic E-state index is 0.696. The van der Waals surface area contributed by atoms with Crippen molar-refractivity contribution in [1.82, 2.24) is 0 Å². The van der Waals surface area contributed by atoms with Crippen molar-refractivity contribution in [1.29, 1.82) is 0 Å². The van der Waals surface area contributed by atoms with Gasteiger partial charge in [0.25, 0.3) is 0 Å². The van der Waals surface area contributed by atoms with Crippen molar-refractivity contribution in [2.45, 2.75) is 60.8 Å². The number of hydrogen-bond acceptors (Lipinski definition) is 0. The summed E-state index contributed by atoms with van der Waals surface area (Å²) in [6.45, 7) is 13.7. The van der Waals surface area contributed by atoms with Gasteiger partial charge in [-0.2, -0.15) is 0 Å². The summed E-state index contributed by atoms with van der Waals surface area (Å²) in [5, 5.41) is 0. The highest BCUT2D eigenvalue weighted by Gasteiger charge is 2.15. The third-order valence-corrected chi connectivity index (χ3v) is 4.92. The molecule has 22 heavy (non-hydrogen) atoms. The number of benzene rings is 1. The zero-order chi connectivity index (χ0) is 16.5. The van der Waals surface area contributed by atoms with Crippen LogP contribution in [0.3, 0.4) is 0 Å². The van der Waals surface area contributed by atoms with Crippen LogP contribution in [0.5, 0.6) is 0 Å². The molecule has 3 atom stereocenters. The van der Waals surface area contributed by atoms with E-state index in [0.29, 0.717) is 5.92 Å². The summed E-state index contributed by atoms with van der Waals surface area (Å²) in [7, 11) is 0. The summed E-state index contributed by atoms with van der Waals surface area (Å²) in [6.07, 6.45) is 10.8. The first-order chi connectivity index (χ1) is 10.5. The van der Waals surface area contributed by atoms with Gasteiger partial charge in [0.2, 0.25) is 0 Å². The fourth-order valence-electron chi connectivity index (χ4n) is 2.76. The van der Waals surface area contributed by atoms with Crippen LogP contribution >= 0.6 is 0 Å². The fraction of sp³-hybridized carbons (Fsp3) is 0.545. The smallest absolute Gasteiger partial charge is 0.0202 e. The summed E-state index contributed by atoms with van der Waals surface area (Å²) in [4.78, 5) is 0. The second kappa shape index (κ2) is 9.66. The molecule has 0 saturated heterocycles. The quantitative estimate of drug-likeness (QED) is 0.451. The zero-order valence-corrected chi connectivity index (χ0v) is 15.4. The monoisotopic (exact) mass is 298 g/mol. The van der Waals surface area contributed by atoms with Crippen LogP contribution in [-0.4, -0.2) is 0 Å². The third-order valence-electron chi connectivity index (χ3n) is 4.92. The largest absolute Gasteiger partial charge is 0.0811 e. The fourth-order valence-corrected chi connectivity index (χ4v) is 2.76. The van der Waals surface area contributed by atoms with Crippen LogP contribution < -0.4 is 0 Å². The summed E-state index contributed by atoms with van der Waals surface area (Å²) in [5.74, 6) is 2.27. The molecular formula is C22H34. The van der Waals surface area contributed by atoms with E-state index in [2.05, 4.69) is 84.0 Å². The van der Waals surface area contributed by atoms with Crippen LogP contribution in [0, 0.1) is 24.7 Å². The Labute approximate surface area is 138 Å². The maximum absolute atomic E-state index is 2.43. The highest BCUT2D eigenvalue weighted by atomic mass is 14.2. The third kappa shape index (κ3) is 6.22. The molecule has 122 valence electrons. The van der Waals surface area contributed by atoms with Gasteiger partial charge in [-0.15, -0.1) is 0 Å². The van der Waals surface area contributed by atoms with Gasteiger partial charge in [-0.05, 0) is 49.2 Å². The first kappa shape index (κ1) is 18.7. The number of rotatable bonds is 8. The molecule has 0 aliphatic heterocycles. The lowest BCUT2D eigenvalue weighted by atomic mass is 9.83. The normalized spacial score (nSPS) is 16.7. The van der Waals surface area contributed by atoms with Crippen LogP contribution in [0.25, 0.3) is 5.57 Å². The zero-order valence-electron chi connectivity index (χ0n) is 15.4. The number of allylic oxidation sites excluding steroid dienone is 4. The lowest BCUT2D eigenvalue weighted by Crippen LogP contribution is -2.12. The van der Waals surface area contributed by atoms with E-state index in [1.54, 1.807) is 0 Å². The Kier molecular flexibility index (Phi) is 8.24. The van der Waals surface area contributed by atoms with Crippen LogP contribution in [0.15, 0.2) is 42.5 Å². The number of hydrogen-bond donors (Lipinski definition) is 0. The molecule has 0 aliphatic rings. The molecule has 0 amide bonds. The molecule has 0 fully saturated rings. The van der Waals surface area contributed by atoms with E-state index in [1.165, 1.54) is 36.0 Å². The van der Waals surface area contributed by atoms with E-state index >= 15 is 0 Å². The van der Waals surface area contributed by atoms with E-state index in [0.717, 1.165) is 11.8 Å². The molecule has 0 heteroatoms. The minimum atomic E-state index is 0.696. The Morgan fingerprint density at radius 3 is 2.45 bits per heavy atom. The Bertz CT molecular complexity index is 493. The van der Waals surface area contributed by atoms with Crippen LogP contribution in [-0.2, 0) is 0 Å².